The molecule has 0 aliphatic carbocycles. The van der Waals surface area contributed by atoms with Gasteiger partial charge in [0.2, 0.25) is 5.62 Å². The number of aromatic nitrogens is 2. The lowest BCUT2D eigenvalue weighted by Gasteiger charge is -2.03. The first-order valence-corrected chi connectivity index (χ1v) is 9.24. The number of benzene rings is 1. The Morgan fingerprint density at radius 1 is 1.17 bits per heavy atom. The molecule has 2 heterocycles. The van der Waals surface area contributed by atoms with Gasteiger partial charge in [-0.15, -0.1) is 11.3 Å². The molecule has 7 heteroatoms. The molecule has 0 atom stereocenters. The van der Waals surface area contributed by atoms with Gasteiger partial charge >= 0.3 is 0 Å². The van der Waals surface area contributed by atoms with Crippen LogP contribution in [-0.2, 0) is 13.1 Å². The first-order valence-electron chi connectivity index (χ1n) is 7.63. The van der Waals surface area contributed by atoms with Crippen LogP contribution in [0.1, 0.15) is 29.4 Å². The largest absolute Gasteiger partial charge is 1.00 e. The highest BCUT2D eigenvalue weighted by molar-refractivity contribution is 9.11. The zero-order valence-corrected chi connectivity index (χ0v) is 17.2. The summed E-state index contributed by atoms with van der Waals surface area (Å²) >= 11 is 4.82. The molecule has 128 valence electrons. The maximum absolute atomic E-state index is 12.5. The quantitative estimate of drug-likeness (QED) is 0.543. The van der Waals surface area contributed by atoms with Crippen molar-refractivity contribution in [1.82, 2.24) is 9.13 Å². The molecule has 3 rings (SSSR count). The summed E-state index contributed by atoms with van der Waals surface area (Å²) in [5.74, 6) is 0.0394. The van der Waals surface area contributed by atoms with Crippen LogP contribution in [0.15, 0.2) is 40.2 Å². The third kappa shape index (κ3) is 3.73. The summed E-state index contributed by atoms with van der Waals surface area (Å²) in [6.45, 7) is 3.15. The lowest BCUT2D eigenvalue weighted by Crippen LogP contribution is -3.00. The van der Waals surface area contributed by atoms with E-state index in [4.69, 9.17) is 5.41 Å². The van der Waals surface area contributed by atoms with Gasteiger partial charge in [-0.2, -0.15) is 0 Å². The van der Waals surface area contributed by atoms with Crippen molar-refractivity contribution in [1.29, 1.82) is 5.41 Å². The van der Waals surface area contributed by atoms with Crippen LogP contribution in [0.25, 0.3) is 11.0 Å². The highest BCUT2D eigenvalue weighted by atomic mass is 79.9. The normalized spacial score (nSPS) is 10.8. The molecule has 0 saturated carbocycles. The fourth-order valence-corrected chi connectivity index (χ4v) is 4.00. The Labute approximate surface area is 163 Å². The second-order valence-electron chi connectivity index (χ2n) is 5.43. The standard InChI is InChI=1S/C17H18BrN3OS.BrH/c1-2-3-10-20-12-6-4-5-7-13(12)21(17(20)19)11-14(22)15-8-9-16(18)23-15;/h4-9,19H,2-3,10-11H2,1H3;1H/p-1. The van der Waals surface area contributed by atoms with Gasteiger partial charge in [-0.25, -0.2) is 0 Å². The van der Waals surface area contributed by atoms with Gasteiger partial charge in [0, 0.05) is 6.54 Å². The Hall–Kier alpha value is -1.18. The van der Waals surface area contributed by atoms with Gasteiger partial charge in [0.15, 0.2) is 5.78 Å². The van der Waals surface area contributed by atoms with E-state index in [-0.39, 0.29) is 29.3 Å². The number of aryl methyl sites for hydroxylation is 1. The van der Waals surface area contributed by atoms with Crippen LogP contribution in [0.4, 0.5) is 0 Å². The fourth-order valence-electron chi connectivity index (χ4n) is 2.68. The molecule has 1 aromatic carbocycles. The summed E-state index contributed by atoms with van der Waals surface area (Å²) in [6.07, 6.45) is 2.10. The molecule has 1 N–H and O–H groups in total. The van der Waals surface area contributed by atoms with Gasteiger partial charge in [-0.05, 0) is 46.6 Å². The molecule has 0 radical (unpaired) electrons. The van der Waals surface area contributed by atoms with Gasteiger partial charge in [-0.3, -0.25) is 10.2 Å². The van der Waals surface area contributed by atoms with E-state index >= 15 is 0 Å². The summed E-state index contributed by atoms with van der Waals surface area (Å²) in [6, 6.07) is 11.6. The van der Waals surface area contributed by atoms with Crippen molar-refractivity contribution in [3.05, 3.63) is 50.7 Å². The third-order valence-corrected chi connectivity index (χ3v) is 5.52. The minimum atomic E-state index is 0. The fraction of sp³-hybridized carbons (Fsp3) is 0.294. The van der Waals surface area contributed by atoms with E-state index in [9.17, 15) is 4.79 Å². The van der Waals surface area contributed by atoms with Crippen molar-refractivity contribution in [3.8, 4) is 0 Å². The Bertz CT molecular complexity index is 910. The van der Waals surface area contributed by atoms with Crippen molar-refractivity contribution in [2.24, 2.45) is 0 Å². The van der Waals surface area contributed by atoms with Crippen LogP contribution in [0.2, 0.25) is 0 Å². The number of hydrogen-bond donors (Lipinski definition) is 1. The molecule has 4 nitrogen and oxygen atoms in total. The second kappa shape index (κ2) is 8.27. The number of nitrogens with one attached hydrogen (secondary N) is 1. The minimum Gasteiger partial charge on any atom is -1.00 e. The molecule has 0 spiro atoms. The maximum atomic E-state index is 12.5. The molecular formula is C17H18Br2N3OS-. The number of Topliss-reactive ketones (excluding diaryl/α,β-unsaturated/α-hetero) is 1. The number of nitrogens with zero attached hydrogens (tertiary/aromatic N) is 2. The Balaban J connectivity index is 0.00000208. The van der Waals surface area contributed by atoms with Crippen molar-refractivity contribution in [2.45, 2.75) is 32.9 Å². The molecule has 0 bridgehead atoms. The maximum Gasteiger partial charge on any atom is 0.203 e. The highest BCUT2D eigenvalue weighted by Crippen LogP contribution is 2.23. The summed E-state index contributed by atoms with van der Waals surface area (Å²) in [4.78, 5) is 13.2. The Kier molecular flexibility index (Phi) is 6.60. The van der Waals surface area contributed by atoms with E-state index in [2.05, 4.69) is 22.9 Å². The number of hydrogen-bond acceptors (Lipinski definition) is 3. The number of imidazole rings is 1. The highest BCUT2D eigenvalue weighted by Gasteiger charge is 2.15. The number of unbranched alkanes of at least 4 members (excludes halogenated alkanes) is 1. The summed E-state index contributed by atoms with van der Waals surface area (Å²) in [7, 11) is 0. The smallest absolute Gasteiger partial charge is 0.203 e. The predicted octanol–water partition coefficient (Wildman–Crippen LogP) is 1.43. The average molecular weight is 472 g/mol. The zero-order valence-electron chi connectivity index (χ0n) is 13.3. The third-order valence-electron chi connectivity index (χ3n) is 3.86. The molecular weight excluding hydrogens is 454 g/mol. The number of para-hydroxylation sites is 2. The zero-order chi connectivity index (χ0) is 16.4. The van der Waals surface area contributed by atoms with Gasteiger partial charge in [-0.1, -0.05) is 25.5 Å². The number of thiophene rings is 1. The molecule has 0 unspecified atom stereocenters. The van der Waals surface area contributed by atoms with Crippen molar-refractivity contribution in [3.63, 3.8) is 0 Å². The lowest BCUT2D eigenvalue weighted by molar-refractivity contribution is -0.0000127. The van der Waals surface area contributed by atoms with Crippen molar-refractivity contribution in [2.75, 3.05) is 0 Å². The number of carbonyl (C=O) groups excluding carboxylic acids is 1. The SMILES string of the molecule is CCCCn1c(=N)n(CC(=O)c2ccc(Br)s2)c2ccccc21.[Br-]. The first kappa shape index (κ1) is 19.1. The van der Waals surface area contributed by atoms with E-state index in [1.54, 1.807) is 4.57 Å². The van der Waals surface area contributed by atoms with Crippen molar-refractivity contribution < 1.29 is 21.8 Å². The van der Waals surface area contributed by atoms with Crippen molar-refractivity contribution >= 4 is 44.1 Å². The van der Waals surface area contributed by atoms with Gasteiger partial charge < -0.3 is 26.1 Å². The van der Waals surface area contributed by atoms with Crippen LogP contribution < -0.4 is 22.6 Å². The molecule has 0 aliphatic heterocycles. The lowest BCUT2D eigenvalue weighted by atomic mass is 10.3. The summed E-state index contributed by atoms with van der Waals surface area (Å²) < 4.78 is 4.75. The summed E-state index contributed by atoms with van der Waals surface area (Å²) in [5.41, 5.74) is 2.35. The van der Waals surface area contributed by atoms with Gasteiger partial charge in [0.05, 0.1) is 26.2 Å². The topological polar surface area (TPSA) is 50.8 Å². The van der Waals surface area contributed by atoms with Crippen LogP contribution in [0, 0.1) is 5.41 Å². The van der Waals surface area contributed by atoms with E-state index in [0.717, 1.165) is 34.2 Å². The molecule has 0 fully saturated rings. The first-order chi connectivity index (χ1) is 11.1. The second-order valence-corrected chi connectivity index (χ2v) is 7.89. The van der Waals surface area contributed by atoms with Gasteiger partial charge in [0.1, 0.15) is 0 Å². The monoisotopic (exact) mass is 470 g/mol. The molecule has 0 amide bonds. The average Bonchev–Trinajstić information content (AvgIpc) is 3.09. The van der Waals surface area contributed by atoms with E-state index in [0.29, 0.717) is 10.5 Å². The number of rotatable bonds is 6. The Morgan fingerprint density at radius 3 is 2.42 bits per heavy atom. The van der Waals surface area contributed by atoms with Crippen LogP contribution in [0.5, 0.6) is 0 Å². The van der Waals surface area contributed by atoms with E-state index < -0.39 is 0 Å². The predicted molar refractivity (Wildman–Crippen MR) is 97.0 cm³/mol. The molecule has 24 heavy (non-hydrogen) atoms. The molecule has 3 aromatic rings. The number of halogens is 2. The van der Waals surface area contributed by atoms with Crippen LogP contribution >= 0.6 is 27.3 Å². The van der Waals surface area contributed by atoms with Crippen LogP contribution in [0.3, 0.4) is 0 Å². The minimum absolute atomic E-state index is 0. The molecule has 0 saturated heterocycles. The van der Waals surface area contributed by atoms with Gasteiger partial charge in [0.25, 0.3) is 0 Å². The molecule has 2 aromatic heterocycles. The summed E-state index contributed by atoms with van der Waals surface area (Å²) in [5, 5.41) is 8.48. The van der Waals surface area contributed by atoms with E-state index in [1.165, 1.54) is 11.3 Å². The number of ketones is 1. The number of fused-ring (bicyclic) bond motifs is 1. The van der Waals surface area contributed by atoms with E-state index in [1.807, 2.05) is 41.0 Å². The number of carbonyl (C=O) groups is 1. The molecule has 0 aliphatic rings. The Morgan fingerprint density at radius 2 is 1.83 bits per heavy atom. The van der Waals surface area contributed by atoms with Crippen LogP contribution in [-0.4, -0.2) is 14.9 Å².